The van der Waals surface area contributed by atoms with Crippen molar-refractivity contribution in [3.8, 4) is 22.5 Å². The molecule has 42 heavy (non-hydrogen) atoms. The molecule has 1 atom stereocenters. The molecule has 0 amide bonds. The second-order valence-electron chi connectivity index (χ2n) is 10.9. The number of fused-ring (bicyclic) bond motifs is 5. The SMILES string of the molecule is CC.CC.Cc1ccccc1-c1nc2c(nc1-c1ccccc1C)N1c3ccccc3C(C)(C)C1N2c1ccccc1. The van der Waals surface area contributed by atoms with Crippen molar-refractivity contribution in [1.82, 2.24) is 9.97 Å². The summed E-state index contributed by atoms with van der Waals surface area (Å²) in [6, 6.07) is 36.3. The standard InChI is InChI=1S/C34H30N4.2C2H6/c1-22-14-8-10-18-25(22)29-30(26-19-11-9-15-23(26)2)36-32-31(35-29)37(24-16-6-5-7-17-24)33-34(3,4)27-20-12-13-21-28(27)38(32)33;2*1-2/h5-21,33H,1-4H3;2*1-2H3. The van der Waals surface area contributed by atoms with Crippen molar-refractivity contribution >= 4 is 23.0 Å². The molecule has 4 heteroatoms. The van der Waals surface area contributed by atoms with Crippen molar-refractivity contribution in [1.29, 1.82) is 0 Å². The number of benzene rings is 4. The van der Waals surface area contributed by atoms with Crippen molar-refractivity contribution in [3.05, 3.63) is 120 Å². The average molecular weight is 555 g/mol. The number of anilines is 4. The van der Waals surface area contributed by atoms with Gasteiger partial charge in [-0.1, -0.05) is 126 Å². The van der Waals surface area contributed by atoms with Crippen LogP contribution in [-0.4, -0.2) is 16.1 Å². The Bertz CT molecular complexity index is 1620. The number of para-hydroxylation sites is 2. The molecule has 4 nitrogen and oxygen atoms in total. The zero-order valence-electron chi connectivity index (χ0n) is 26.2. The number of aromatic nitrogens is 2. The normalized spacial score (nSPS) is 15.5. The molecule has 1 aromatic heterocycles. The van der Waals surface area contributed by atoms with Gasteiger partial charge in [0.05, 0.1) is 11.4 Å². The van der Waals surface area contributed by atoms with Crippen LogP contribution in [0.3, 0.4) is 0 Å². The molecule has 2 aliphatic heterocycles. The van der Waals surface area contributed by atoms with Crippen LogP contribution >= 0.6 is 0 Å². The van der Waals surface area contributed by atoms with Gasteiger partial charge in [0.2, 0.25) is 0 Å². The Morgan fingerprint density at radius 3 is 1.55 bits per heavy atom. The fraction of sp³-hybridized carbons (Fsp3) is 0.263. The molecule has 0 N–H and O–H groups in total. The maximum Gasteiger partial charge on any atom is 0.179 e. The number of aryl methyl sites for hydroxylation is 2. The van der Waals surface area contributed by atoms with Gasteiger partial charge >= 0.3 is 0 Å². The van der Waals surface area contributed by atoms with E-state index < -0.39 is 0 Å². The van der Waals surface area contributed by atoms with E-state index in [1.807, 2.05) is 27.7 Å². The molecule has 1 unspecified atom stereocenters. The summed E-state index contributed by atoms with van der Waals surface area (Å²) in [5.74, 6) is 1.81. The van der Waals surface area contributed by atoms with Crippen molar-refractivity contribution in [2.45, 2.75) is 67.0 Å². The molecule has 2 aliphatic rings. The smallest absolute Gasteiger partial charge is 0.179 e. The van der Waals surface area contributed by atoms with E-state index in [1.54, 1.807) is 0 Å². The first-order valence-corrected chi connectivity index (χ1v) is 15.2. The maximum atomic E-state index is 5.51. The quantitative estimate of drug-likeness (QED) is 0.222. The Labute approximate surface area is 251 Å². The maximum absolute atomic E-state index is 5.51. The molecule has 0 saturated carbocycles. The second-order valence-corrected chi connectivity index (χ2v) is 10.9. The third kappa shape index (κ3) is 4.56. The lowest BCUT2D eigenvalue weighted by atomic mass is 9.83. The Morgan fingerprint density at radius 2 is 1.00 bits per heavy atom. The first kappa shape index (κ1) is 29.1. The van der Waals surface area contributed by atoms with E-state index in [9.17, 15) is 0 Å². The summed E-state index contributed by atoms with van der Waals surface area (Å²) in [6.45, 7) is 17.0. The monoisotopic (exact) mass is 554 g/mol. The van der Waals surface area contributed by atoms with Gasteiger partial charge in [-0.3, -0.25) is 0 Å². The molecule has 0 saturated heterocycles. The second kappa shape index (κ2) is 11.8. The highest BCUT2D eigenvalue weighted by molar-refractivity contribution is 5.93. The molecule has 7 rings (SSSR count). The van der Waals surface area contributed by atoms with Gasteiger partial charge in [-0.05, 0) is 48.7 Å². The zero-order chi connectivity index (χ0) is 30.0. The van der Waals surface area contributed by atoms with Gasteiger partial charge in [0.1, 0.15) is 6.17 Å². The van der Waals surface area contributed by atoms with Crippen LogP contribution in [0.4, 0.5) is 23.0 Å². The van der Waals surface area contributed by atoms with Gasteiger partial charge in [0.15, 0.2) is 11.6 Å². The lowest BCUT2D eigenvalue weighted by molar-refractivity contribution is 0.449. The van der Waals surface area contributed by atoms with Gasteiger partial charge < -0.3 is 9.80 Å². The zero-order valence-corrected chi connectivity index (χ0v) is 26.2. The van der Waals surface area contributed by atoms with E-state index in [-0.39, 0.29) is 11.6 Å². The van der Waals surface area contributed by atoms with Gasteiger partial charge in [0, 0.05) is 27.9 Å². The van der Waals surface area contributed by atoms with Crippen LogP contribution in [0.25, 0.3) is 22.5 Å². The summed E-state index contributed by atoms with van der Waals surface area (Å²) in [6.07, 6.45) is 0.0224. The van der Waals surface area contributed by atoms with Crippen molar-refractivity contribution in [3.63, 3.8) is 0 Å². The molecule has 0 bridgehead atoms. The lowest BCUT2D eigenvalue weighted by Gasteiger charge is -2.36. The van der Waals surface area contributed by atoms with E-state index in [0.29, 0.717) is 0 Å². The predicted molar refractivity (Wildman–Crippen MR) is 179 cm³/mol. The van der Waals surface area contributed by atoms with Crippen LogP contribution < -0.4 is 9.80 Å². The van der Waals surface area contributed by atoms with Gasteiger partial charge in [0.25, 0.3) is 0 Å². The number of nitrogens with zero attached hydrogens (tertiary/aromatic N) is 4. The Kier molecular flexibility index (Phi) is 8.17. The molecule has 5 aromatic rings. The minimum absolute atomic E-state index is 0.0224. The minimum Gasteiger partial charge on any atom is -0.301 e. The average Bonchev–Trinajstić information content (AvgIpc) is 3.49. The minimum atomic E-state index is -0.152. The molecule has 0 spiro atoms. The van der Waals surface area contributed by atoms with E-state index >= 15 is 0 Å². The van der Waals surface area contributed by atoms with E-state index in [1.165, 1.54) is 22.4 Å². The highest BCUT2D eigenvalue weighted by Gasteiger charge is 2.55. The van der Waals surface area contributed by atoms with Crippen LogP contribution in [0, 0.1) is 13.8 Å². The van der Waals surface area contributed by atoms with Crippen LogP contribution in [0.1, 0.15) is 58.2 Å². The van der Waals surface area contributed by atoms with Crippen LogP contribution in [-0.2, 0) is 5.41 Å². The molecule has 3 heterocycles. The third-order valence-electron chi connectivity index (χ3n) is 8.14. The molecular formula is C38H42N4. The summed E-state index contributed by atoms with van der Waals surface area (Å²) < 4.78 is 0. The van der Waals surface area contributed by atoms with E-state index in [0.717, 1.165) is 39.8 Å². The summed E-state index contributed by atoms with van der Waals surface area (Å²) in [5.41, 5.74) is 9.95. The number of hydrogen-bond donors (Lipinski definition) is 0. The lowest BCUT2D eigenvalue weighted by Crippen LogP contribution is -2.46. The molecule has 4 aromatic carbocycles. The molecule has 0 fully saturated rings. The first-order valence-electron chi connectivity index (χ1n) is 15.2. The summed E-state index contributed by atoms with van der Waals surface area (Å²) in [4.78, 5) is 15.8. The Balaban J connectivity index is 0.000000847. The molecule has 214 valence electrons. The van der Waals surface area contributed by atoms with Crippen molar-refractivity contribution < 1.29 is 0 Å². The highest BCUT2D eigenvalue weighted by atomic mass is 15.5. The van der Waals surface area contributed by atoms with Crippen molar-refractivity contribution in [2.75, 3.05) is 9.80 Å². The largest absolute Gasteiger partial charge is 0.301 e. The van der Waals surface area contributed by atoms with Crippen LogP contribution in [0.15, 0.2) is 103 Å². The number of rotatable bonds is 3. The van der Waals surface area contributed by atoms with Crippen molar-refractivity contribution in [2.24, 2.45) is 0 Å². The fourth-order valence-corrected chi connectivity index (χ4v) is 6.25. The predicted octanol–water partition coefficient (Wildman–Crippen LogP) is 10.4. The van der Waals surface area contributed by atoms with Crippen LogP contribution in [0.5, 0.6) is 0 Å². The molecule has 0 radical (unpaired) electrons. The molecule has 0 aliphatic carbocycles. The fourth-order valence-electron chi connectivity index (χ4n) is 6.25. The number of hydrogen-bond acceptors (Lipinski definition) is 4. The summed E-state index contributed by atoms with van der Waals surface area (Å²) in [7, 11) is 0. The molecular weight excluding hydrogens is 512 g/mol. The van der Waals surface area contributed by atoms with Crippen LogP contribution in [0.2, 0.25) is 0 Å². The van der Waals surface area contributed by atoms with E-state index in [2.05, 4.69) is 141 Å². The topological polar surface area (TPSA) is 32.3 Å². The third-order valence-corrected chi connectivity index (χ3v) is 8.14. The Morgan fingerprint density at radius 1 is 0.548 bits per heavy atom. The van der Waals surface area contributed by atoms with Gasteiger partial charge in [-0.2, -0.15) is 0 Å². The first-order chi connectivity index (χ1) is 20.5. The van der Waals surface area contributed by atoms with Gasteiger partial charge in [-0.15, -0.1) is 0 Å². The van der Waals surface area contributed by atoms with Gasteiger partial charge in [-0.25, -0.2) is 9.97 Å². The Hall–Kier alpha value is -4.44. The summed E-state index contributed by atoms with van der Waals surface area (Å²) in [5, 5.41) is 0. The highest BCUT2D eigenvalue weighted by Crippen LogP contribution is 2.58. The summed E-state index contributed by atoms with van der Waals surface area (Å²) >= 11 is 0. The van der Waals surface area contributed by atoms with E-state index in [4.69, 9.17) is 9.97 Å².